The minimum atomic E-state index is 0.760. The normalized spacial score (nSPS) is 14.1. The standard InChI is InChI=1S/C11H12N4/c12-9-3-1-2-4-10(9)15-11-7-13-5-8(11)6-14-15/h1-4,6,13H,5,7,12H2. The molecule has 1 aliphatic heterocycles. The largest absolute Gasteiger partial charge is 0.397 e. The van der Waals surface area contributed by atoms with Crippen molar-refractivity contribution in [2.75, 3.05) is 5.73 Å². The number of nitrogens with two attached hydrogens (primary N) is 1. The quantitative estimate of drug-likeness (QED) is 0.677. The molecule has 1 aromatic carbocycles. The molecule has 2 heterocycles. The van der Waals surface area contributed by atoms with Crippen LogP contribution in [0.3, 0.4) is 0 Å². The van der Waals surface area contributed by atoms with Gasteiger partial charge < -0.3 is 11.1 Å². The molecule has 0 amide bonds. The van der Waals surface area contributed by atoms with E-state index in [1.54, 1.807) is 0 Å². The first kappa shape index (κ1) is 8.49. The molecule has 0 atom stereocenters. The van der Waals surface area contributed by atoms with Crippen molar-refractivity contribution < 1.29 is 0 Å². The Kier molecular flexibility index (Phi) is 1.76. The lowest BCUT2D eigenvalue weighted by Gasteiger charge is -2.07. The number of anilines is 1. The van der Waals surface area contributed by atoms with E-state index < -0.39 is 0 Å². The summed E-state index contributed by atoms with van der Waals surface area (Å²) in [5.41, 5.74) is 10.1. The van der Waals surface area contributed by atoms with Crippen LogP contribution in [0, 0.1) is 0 Å². The van der Waals surface area contributed by atoms with E-state index in [9.17, 15) is 0 Å². The van der Waals surface area contributed by atoms with Crippen LogP contribution >= 0.6 is 0 Å². The number of nitrogen functional groups attached to an aromatic ring is 1. The van der Waals surface area contributed by atoms with Crippen molar-refractivity contribution in [3.05, 3.63) is 41.7 Å². The van der Waals surface area contributed by atoms with Crippen molar-refractivity contribution in [3.8, 4) is 5.69 Å². The number of fused-ring (bicyclic) bond motifs is 1. The van der Waals surface area contributed by atoms with E-state index in [1.165, 1.54) is 11.3 Å². The zero-order chi connectivity index (χ0) is 10.3. The second kappa shape index (κ2) is 3.10. The van der Waals surface area contributed by atoms with Crippen molar-refractivity contribution in [1.82, 2.24) is 15.1 Å². The summed E-state index contributed by atoms with van der Waals surface area (Å²) in [6, 6.07) is 7.79. The fraction of sp³-hybridized carbons (Fsp3) is 0.182. The highest BCUT2D eigenvalue weighted by atomic mass is 15.3. The first-order valence-corrected chi connectivity index (χ1v) is 4.97. The van der Waals surface area contributed by atoms with Crippen LogP contribution in [0.1, 0.15) is 11.3 Å². The van der Waals surface area contributed by atoms with Crippen LogP contribution in [-0.4, -0.2) is 9.78 Å². The third kappa shape index (κ3) is 1.22. The zero-order valence-corrected chi connectivity index (χ0v) is 8.27. The van der Waals surface area contributed by atoms with Gasteiger partial charge in [-0.1, -0.05) is 12.1 Å². The Labute approximate surface area is 87.7 Å². The van der Waals surface area contributed by atoms with Crippen molar-refractivity contribution >= 4 is 5.69 Å². The summed E-state index contributed by atoms with van der Waals surface area (Å²) >= 11 is 0. The number of para-hydroxylation sites is 2. The Morgan fingerprint density at radius 2 is 2.13 bits per heavy atom. The van der Waals surface area contributed by atoms with E-state index in [0.717, 1.165) is 24.5 Å². The van der Waals surface area contributed by atoms with E-state index in [1.807, 2.05) is 35.1 Å². The predicted octanol–water partition coefficient (Wildman–Crippen LogP) is 1.06. The van der Waals surface area contributed by atoms with Gasteiger partial charge in [0.2, 0.25) is 0 Å². The average Bonchev–Trinajstić information content (AvgIpc) is 2.80. The lowest BCUT2D eigenvalue weighted by Crippen LogP contribution is -2.08. The molecule has 76 valence electrons. The molecule has 2 aromatic rings. The third-order valence-electron chi connectivity index (χ3n) is 2.73. The van der Waals surface area contributed by atoms with Gasteiger partial charge in [0, 0.05) is 18.7 Å². The van der Waals surface area contributed by atoms with Gasteiger partial charge in [-0.3, -0.25) is 0 Å². The number of aromatic nitrogens is 2. The molecule has 0 fully saturated rings. The van der Waals surface area contributed by atoms with E-state index in [-0.39, 0.29) is 0 Å². The molecule has 0 saturated carbocycles. The van der Waals surface area contributed by atoms with Crippen LogP contribution in [0.2, 0.25) is 0 Å². The molecule has 3 N–H and O–H groups in total. The van der Waals surface area contributed by atoms with Gasteiger partial charge in [0.05, 0.1) is 23.3 Å². The van der Waals surface area contributed by atoms with Crippen molar-refractivity contribution in [1.29, 1.82) is 0 Å². The second-order valence-corrected chi connectivity index (χ2v) is 3.69. The molecule has 15 heavy (non-hydrogen) atoms. The Morgan fingerprint density at radius 3 is 3.00 bits per heavy atom. The predicted molar refractivity (Wildman–Crippen MR) is 58.5 cm³/mol. The fourth-order valence-corrected chi connectivity index (χ4v) is 1.95. The maximum atomic E-state index is 5.92. The molecule has 0 saturated heterocycles. The maximum Gasteiger partial charge on any atom is 0.0878 e. The number of nitrogens with one attached hydrogen (secondary N) is 1. The molecular weight excluding hydrogens is 188 g/mol. The van der Waals surface area contributed by atoms with Gasteiger partial charge in [-0.25, -0.2) is 4.68 Å². The summed E-state index contributed by atoms with van der Waals surface area (Å²) in [4.78, 5) is 0. The molecule has 0 unspecified atom stereocenters. The van der Waals surface area contributed by atoms with Crippen LogP contribution in [0.4, 0.5) is 5.69 Å². The van der Waals surface area contributed by atoms with Gasteiger partial charge in [0.15, 0.2) is 0 Å². The van der Waals surface area contributed by atoms with Crippen LogP contribution in [0.5, 0.6) is 0 Å². The number of nitrogens with zero attached hydrogens (tertiary/aromatic N) is 2. The molecule has 1 aliphatic rings. The molecular formula is C11H12N4. The minimum Gasteiger partial charge on any atom is -0.397 e. The van der Waals surface area contributed by atoms with Crippen LogP contribution in [0.25, 0.3) is 5.69 Å². The van der Waals surface area contributed by atoms with Crippen molar-refractivity contribution in [2.24, 2.45) is 0 Å². The van der Waals surface area contributed by atoms with Gasteiger partial charge in [0.1, 0.15) is 0 Å². The van der Waals surface area contributed by atoms with Gasteiger partial charge in [0.25, 0.3) is 0 Å². The highest BCUT2D eigenvalue weighted by molar-refractivity contribution is 5.57. The lowest BCUT2D eigenvalue weighted by molar-refractivity contribution is 0.712. The highest BCUT2D eigenvalue weighted by Crippen LogP contribution is 2.22. The Hall–Kier alpha value is -1.81. The number of hydrogen-bond donors (Lipinski definition) is 2. The average molecular weight is 200 g/mol. The molecule has 0 aliphatic carbocycles. The molecule has 1 aromatic heterocycles. The summed E-state index contributed by atoms with van der Waals surface area (Å²) in [6.45, 7) is 1.77. The van der Waals surface area contributed by atoms with E-state index >= 15 is 0 Å². The third-order valence-corrected chi connectivity index (χ3v) is 2.73. The summed E-state index contributed by atoms with van der Waals surface area (Å²) in [5, 5.41) is 7.66. The molecule has 0 bridgehead atoms. The summed E-state index contributed by atoms with van der Waals surface area (Å²) < 4.78 is 1.92. The molecule has 4 heteroatoms. The SMILES string of the molecule is Nc1ccccc1-n1ncc2c1CNC2. The fourth-order valence-electron chi connectivity index (χ4n) is 1.95. The Morgan fingerprint density at radius 1 is 1.27 bits per heavy atom. The van der Waals surface area contributed by atoms with E-state index in [0.29, 0.717) is 0 Å². The van der Waals surface area contributed by atoms with Crippen LogP contribution < -0.4 is 11.1 Å². The van der Waals surface area contributed by atoms with Crippen LogP contribution in [0.15, 0.2) is 30.5 Å². The van der Waals surface area contributed by atoms with Gasteiger partial charge >= 0.3 is 0 Å². The summed E-state index contributed by atoms with van der Waals surface area (Å²) in [5.74, 6) is 0. The first-order valence-electron chi connectivity index (χ1n) is 4.97. The van der Waals surface area contributed by atoms with E-state index in [2.05, 4.69) is 10.4 Å². The lowest BCUT2D eigenvalue weighted by atomic mass is 10.2. The second-order valence-electron chi connectivity index (χ2n) is 3.69. The molecule has 0 spiro atoms. The van der Waals surface area contributed by atoms with Gasteiger partial charge in [-0.05, 0) is 12.1 Å². The van der Waals surface area contributed by atoms with Gasteiger partial charge in [-0.2, -0.15) is 5.10 Å². The first-order chi connectivity index (χ1) is 7.36. The number of hydrogen-bond acceptors (Lipinski definition) is 3. The minimum absolute atomic E-state index is 0.760. The maximum absolute atomic E-state index is 5.92. The zero-order valence-electron chi connectivity index (χ0n) is 8.27. The van der Waals surface area contributed by atoms with Gasteiger partial charge in [-0.15, -0.1) is 0 Å². The Balaban J connectivity index is 2.17. The molecule has 3 rings (SSSR count). The van der Waals surface area contributed by atoms with Crippen molar-refractivity contribution in [2.45, 2.75) is 13.1 Å². The van der Waals surface area contributed by atoms with E-state index in [4.69, 9.17) is 5.73 Å². The smallest absolute Gasteiger partial charge is 0.0878 e. The monoisotopic (exact) mass is 200 g/mol. The number of rotatable bonds is 1. The van der Waals surface area contributed by atoms with Crippen molar-refractivity contribution in [3.63, 3.8) is 0 Å². The Bertz CT molecular complexity index is 501. The number of benzene rings is 1. The molecule has 4 nitrogen and oxygen atoms in total. The summed E-state index contributed by atoms with van der Waals surface area (Å²) in [7, 11) is 0. The van der Waals surface area contributed by atoms with Crippen LogP contribution in [-0.2, 0) is 13.1 Å². The molecule has 0 radical (unpaired) electrons. The highest BCUT2D eigenvalue weighted by Gasteiger charge is 2.17. The topological polar surface area (TPSA) is 55.9 Å². The summed E-state index contributed by atoms with van der Waals surface area (Å²) in [6.07, 6.45) is 1.90.